The zero-order valence-electron chi connectivity index (χ0n) is 15.1. The Labute approximate surface area is 158 Å². The number of pyridine rings is 1. The summed E-state index contributed by atoms with van der Waals surface area (Å²) in [7, 11) is 0. The third kappa shape index (κ3) is 3.32. The Hall–Kier alpha value is -3.66. The highest BCUT2D eigenvalue weighted by atomic mass is 16.5. The average Bonchev–Trinajstić information content (AvgIpc) is 3.37. The molecule has 4 aromatic rings. The molecular weight excluding hydrogens is 364 g/mol. The average molecular weight is 382 g/mol. The lowest BCUT2D eigenvalue weighted by atomic mass is 10.3. The Balaban J connectivity index is 1.61. The van der Waals surface area contributed by atoms with Gasteiger partial charge < -0.3 is 14.7 Å². The molecule has 0 saturated carbocycles. The van der Waals surface area contributed by atoms with E-state index in [1.165, 1.54) is 21.5 Å². The quantitative estimate of drug-likeness (QED) is 0.506. The summed E-state index contributed by atoms with van der Waals surface area (Å²) in [6.45, 7) is 2.23. The summed E-state index contributed by atoms with van der Waals surface area (Å²) in [5.41, 5.74) is 2.00. The number of hydrogen-bond acceptors (Lipinski definition) is 7. The van der Waals surface area contributed by atoms with Crippen molar-refractivity contribution in [1.82, 2.24) is 29.1 Å². The fraction of sp³-hybridized carbons (Fsp3) is 0.222. The van der Waals surface area contributed by atoms with Crippen LogP contribution in [0.25, 0.3) is 5.69 Å². The molecule has 2 N–H and O–H groups in total. The lowest BCUT2D eigenvalue weighted by molar-refractivity contribution is 0.276. The Morgan fingerprint density at radius 1 is 1.14 bits per heavy atom. The van der Waals surface area contributed by atoms with Crippen LogP contribution in [0.15, 0.2) is 52.3 Å². The molecule has 0 bridgehead atoms. The maximum Gasteiger partial charge on any atom is 0.336 e. The summed E-state index contributed by atoms with van der Waals surface area (Å²) >= 11 is 0. The molecule has 0 unspecified atom stereocenters. The normalized spacial score (nSPS) is 11.2. The summed E-state index contributed by atoms with van der Waals surface area (Å²) in [6.07, 6.45) is 6.11. The van der Waals surface area contributed by atoms with E-state index in [1.54, 1.807) is 35.3 Å². The molecule has 4 heterocycles. The van der Waals surface area contributed by atoms with E-state index < -0.39 is 5.69 Å². The van der Waals surface area contributed by atoms with Gasteiger partial charge in [-0.2, -0.15) is 5.10 Å². The van der Waals surface area contributed by atoms with Gasteiger partial charge in [0.25, 0.3) is 0 Å². The molecule has 0 atom stereocenters. The molecule has 0 aliphatic rings. The summed E-state index contributed by atoms with van der Waals surface area (Å²) < 4.78 is 9.17. The summed E-state index contributed by atoms with van der Waals surface area (Å²) in [5.74, 6) is 0.491. The Morgan fingerprint density at radius 3 is 2.71 bits per heavy atom. The van der Waals surface area contributed by atoms with E-state index in [9.17, 15) is 15.0 Å². The topological polar surface area (TPSA) is 124 Å². The van der Waals surface area contributed by atoms with Gasteiger partial charge in [-0.05, 0) is 19.1 Å². The van der Waals surface area contributed by atoms with E-state index in [0.29, 0.717) is 29.4 Å². The summed E-state index contributed by atoms with van der Waals surface area (Å²) in [6, 6.07) is 5.20. The molecule has 10 heteroatoms. The number of aryl methyl sites for hydroxylation is 1. The van der Waals surface area contributed by atoms with Crippen molar-refractivity contribution in [2.75, 3.05) is 0 Å². The first-order chi connectivity index (χ1) is 13.5. The SMILES string of the molecule is Cc1oncc1Cn1cc(-n2c(O)cn(Cc3cccc(CO)n3)c2=O)cn1. The number of aliphatic hydroxyl groups excluding tert-OH is 1. The monoisotopic (exact) mass is 382 g/mol. The molecule has 0 radical (unpaired) electrons. The number of aromatic nitrogens is 6. The minimum Gasteiger partial charge on any atom is -0.493 e. The number of nitrogens with zero attached hydrogens (tertiary/aromatic N) is 6. The van der Waals surface area contributed by atoms with Crippen molar-refractivity contribution in [3.05, 3.63) is 76.2 Å². The maximum absolute atomic E-state index is 12.8. The molecular formula is C18H18N6O4. The molecule has 0 fully saturated rings. The van der Waals surface area contributed by atoms with E-state index in [0.717, 1.165) is 5.56 Å². The molecule has 28 heavy (non-hydrogen) atoms. The van der Waals surface area contributed by atoms with E-state index >= 15 is 0 Å². The first kappa shape index (κ1) is 17.7. The number of imidazole rings is 1. The number of hydrogen-bond donors (Lipinski definition) is 2. The van der Waals surface area contributed by atoms with E-state index in [-0.39, 0.29) is 19.0 Å². The number of aliphatic hydroxyl groups is 1. The molecule has 4 aromatic heterocycles. The molecule has 144 valence electrons. The molecule has 0 aliphatic carbocycles. The standard InChI is InChI=1S/C18H18N6O4/c1-12-13(5-20-28-12)7-23-9-16(6-19-23)24-17(26)10-22(18(24)27)8-14-3-2-4-15(11-25)21-14/h2-6,9-10,25-26H,7-8,11H2,1H3. The minimum absolute atomic E-state index is 0.168. The van der Waals surface area contributed by atoms with Crippen LogP contribution in [0.3, 0.4) is 0 Å². The highest BCUT2D eigenvalue weighted by Gasteiger charge is 2.15. The van der Waals surface area contributed by atoms with Crippen molar-refractivity contribution >= 4 is 0 Å². The van der Waals surface area contributed by atoms with Gasteiger partial charge in [0.15, 0.2) is 0 Å². The first-order valence-corrected chi connectivity index (χ1v) is 8.55. The van der Waals surface area contributed by atoms with Crippen molar-refractivity contribution in [2.45, 2.75) is 26.6 Å². The maximum atomic E-state index is 12.8. The van der Waals surface area contributed by atoms with Crippen LogP contribution in [0.1, 0.15) is 22.7 Å². The zero-order valence-corrected chi connectivity index (χ0v) is 15.1. The summed E-state index contributed by atoms with van der Waals surface area (Å²) in [5, 5.41) is 27.4. The van der Waals surface area contributed by atoms with Crippen LogP contribution in [-0.4, -0.2) is 39.3 Å². The van der Waals surface area contributed by atoms with Crippen molar-refractivity contribution in [2.24, 2.45) is 0 Å². The van der Waals surface area contributed by atoms with E-state index in [4.69, 9.17) is 4.52 Å². The van der Waals surface area contributed by atoms with Gasteiger partial charge in [-0.15, -0.1) is 0 Å². The van der Waals surface area contributed by atoms with Crippen molar-refractivity contribution in [3.8, 4) is 11.6 Å². The Bertz CT molecular complexity index is 1170. The van der Waals surface area contributed by atoms with Crippen LogP contribution in [-0.2, 0) is 19.7 Å². The molecule has 0 saturated heterocycles. The van der Waals surface area contributed by atoms with Gasteiger partial charge in [0.1, 0.15) is 5.76 Å². The van der Waals surface area contributed by atoms with Crippen LogP contribution in [0, 0.1) is 6.92 Å². The third-order valence-corrected chi connectivity index (χ3v) is 4.36. The second kappa shape index (κ2) is 7.16. The Kier molecular flexibility index (Phi) is 4.53. The van der Waals surface area contributed by atoms with Crippen LogP contribution < -0.4 is 5.69 Å². The second-order valence-electron chi connectivity index (χ2n) is 6.31. The molecule has 0 aliphatic heterocycles. The molecule has 0 spiro atoms. The highest BCUT2D eigenvalue weighted by Crippen LogP contribution is 2.16. The van der Waals surface area contributed by atoms with Gasteiger partial charge in [0.2, 0.25) is 5.88 Å². The summed E-state index contributed by atoms with van der Waals surface area (Å²) in [4.78, 5) is 17.0. The van der Waals surface area contributed by atoms with Crippen molar-refractivity contribution in [3.63, 3.8) is 0 Å². The molecule has 0 amide bonds. The largest absolute Gasteiger partial charge is 0.493 e. The number of rotatable bonds is 6. The van der Waals surface area contributed by atoms with Crippen LogP contribution >= 0.6 is 0 Å². The van der Waals surface area contributed by atoms with Crippen LogP contribution in [0.2, 0.25) is 0 Å². The lowest BCUT2D eigenvalue weighted by Gasteiger charge is -2.03. The van der Waals surface area contributed by atoms with Gasteiger partial charge in [0.05, 0.1) is 55.4 Å². The molecule has 4 rings (SSSR count). The van der Waals surface area contributed by atoms with Crippen molar-refractivity contribution in [1.29, 1.82) is 0 Å². The number of aromatic hydroxyl groups is 1. The Morgan fingerprint density at radius 2 is 1.96 bits per heavy atom. The van der Waals surface area contributed by atoms with Gasteiger partial charge >= 0.3 is 5.69 Å². The fourth-order valence-corrected chi connectivity index (χ4v) is 2.91. The third-order valence-electron chi connectivity index (χ3n) is 4.36. The second-order valence-corrected chi connectivity index (χ2v) is 6.31. The van der Waals surface area contributed by atoms with Crippen LogP contribution in [0.4, 0.5) is 0 Å². The van der Waals surface area contributed by atoms with Crippen LogP contribution in [0.5, 0.6) is 5.88 Å². The van der Waals surface area contributed by atoms with Crippen molar-refractivity contribution < 1.29 is 14.7 Å². The van der Waals surface area contributed by atoms with Gasteiger partial charge in [-0.3, -0.25) is 14.2 Å². The predicted molar refractivity (Wildman–Crippen MR) is 97.1 cm³/mol. The lowest BCUT2D eigenvalue weighted by Crippen LogP contribution is -2.23. The highest BCUT2D eigenvalue weighted by molar-refractivity contribution is 5.31. The molecule has 10 nitrogen and oxygen atoms in total. The van der Waals surface area contributed by atoms with Gasteiger partial charge in [0, 0.05) is 11.8 Å². The van der Waals surface area contributed by atoms with E-state index in [1.807, 2.05) is 6.92 Å². The predicted octanol–water partition coefficient (Wildman–Crippen LogP) is 0.821. The minimum atomic E-state index is -0.422. The fourth-order valence-electron chi connectivity index (χ4n) is 2.91. The van der Waals surface area contributed by atoms with Gasteiger partial charge in [-0.25, -0.2) is 9.36 Å². The molecule has 0 aromatic carbocycles. The zero-order chi connectivity index (χ0) is 19.7. The smallest absolute Gasteiger partial charge is 0.336 e. The first-order valence-electron chi connectivity index (χ1n) is 8.55. The van der Waals surface area contributed by atoms with Gasteiger partial charge in [-0.1, -0.05) is 11.2 Å². The van der Waals surface area contributed by atoms with E-state index in [2.05, 4.69) is 15.2 Å².